The molecule has 0 spiro atoms. The van der Waals surface area contributed by atoms with Crippen LogP contribution < -0.4 is 10.2 Å². The maximum absolute atomic E-state index is 13.7. The number of halogens is 2. The van der Waals surface area contributed by atoms with Crippen molar-refractivity contribution in [1.29, 1.82) is 0 Å². The van der Waals surface area contributed by atoms with Gasteiger partial charge in [0.05, 0.1) is 5.56 Å². The topological polar surface area (TPSA) is 49.4 Å². The Labute approximate surface area is 138 Å². The summed E-state index contributed by atoms with van der Waals surface area (Å²) in [5.41, 5.74) is 1.85. The summed E-state index contributed by atoms with van der Waals surface area (Å²) in [7, 11) is 0. The third-order valence-corrected chi connectivity index (χ3v) is 4.01. The van der Waals surface area contributed by atoms with Crippen molar-refractivity contribution in [2.45, 2.75) is 19.8 Å². The molecular formula is C18H16F2N2O2. The van der Waals surface area contributed by atoms with Crippen molar-refractivity contribution in [2.24, 2.45) is 0 Å². The molecule has 4 nitrogen and oxygen atoms in total. The first kappa shape index (κ1) is 16.1. The van der Waals surface area contributed by atoms with Gasteiger partial charge < -0.3 is 10.2 Å². The van der Waals surface area contributed by atoms with Gasteiger partial charge in [-0.2, -0.15) is 0 Å². The van der Waals surface area contributed by atoms with Crippen LogP contribution in [0.5, 0.6) is 0 Å². The van der Waals surface area contributed by atoms with Crippen molar-refractivity contribution in [3.63, 3.8) is 0 Å². The van der Waals surface area contributed by atoms with E-state index in [2.05, 4.69) is 5.32 Å². The van der Waals surface area contributed by atoms with Crippen molar-refractivity contribution < 1.29 is 18.4 Å². The minimum absolute atomic E-state index is 0.0474. The Morgan fingerprint density at radius 2 is 1.96 bits per heavy atom. The van der Waals surface area contributed by atoms with Crippen LogP contribution in [0.1, 0.15) is 28.8 Å². The molecule has 24 heavy (non-hydrogen) atoms. The van der Waals surface area contributed by atoms with E-state index in [0.29, 0.717) is 24.7 Å². The van der Waals surface area contributed by atoms with E-state index in [9.17, 15) is 18.4 Å². The van der Waals surface area contributed by atoms with Crippen LogP contribution in [-0.4, -0.2) is 18.4 Å². The standard InChI is InChI=1S/C18H16F2N2O2/c1-11-4-6-13(10-16(11)22-8-2-3-17(22)23)21-18(24)14-7-5-12(19)9-15(14)20/h4-7,9-10H,2-3,8H2,1H3,(H,21,24). The lowest BCUT2D eigenvalue weighted by Crippen LogP contribution is -2.24. The molecule has 0 radical (unpaired) electrons. The van der Waals surface area contributed by atoms with Crippen molar-refractivity contribution in [3.8, 4) is 0 Å². The monoisotopic (exact) mass is 330 g/mol. The molecular weight excluding hydrogens is 314 g/mol. The highest BCUT2D eigenvalue weighted by Gasteiger charge is 2.23. The molecule has 1 saturated heterocycles. The second-order valence-electron chi connectivity index (χ2n) is 5.73. The summed E-state index contributed by atoms with van der Waals surface area (Å²) in [6.07, 6.45) is 1.31. The number of aryl methyl sites for hydroxylation is 1. The molecule has 0 aromatic heterocycles. The van der Waals surface area contributed by atoms with Crippen molar-refractivity contribution in [1.82, 2.24) is 0 Å². The van der Waals surface area contributed by atoms with Crippen molar-refractivity contribution in [3.05, 3.63) is 59.2 Å². The average Bonchev–Trinajstić information content (AvgIpc) is 2.95. The molecule has 1 aliphatic heterocycles. The number of hydrogen-bond donors (Lipinski definition) is 1. The fourth-order valence-electron chi connectivity index (χ4n) is 2.75. The Morgan fingerprint density at radius 1 is 1.17 bits per heavy atom. The zero-order valence-corrected chi connectivity index (χ0v) is 13.1. The largest absolute Gasteiger partial charge is 0.322 e. The van der Waals surface area contributed by atoms with Crippen molar-refractivity contribution in [2.75, 3.05) is 16.8 Å². The Balaban J connectivity index is 1.85. The van der Waals surface area contributed by atoms with Gasteiger partial charge in [-0.05, 0) is 43.2 Å². The quantitative estimate of drug-likeness (QED) is 0.934. The molecule has 2 amide bonds. The predicted octanol–water partition coefficient (Wildman–Crippen LogP) is 3.65. The zero-order chi connectivity index (χ0) is 17.3. The molecule has 124 valence electrons. The lowest BCUT2D eigenvalue weighted by molar-refractivity contribution is -0.117. The van der Waals surface area contributed by atoms with Crippen LogP contribution in [0.3, 0.4) is 0 Å². The second-order valence-corrected chi connectivity index (χ2v) is 5.73. The molecule has 0 atom stereocenters. The van der Waals surface area contributed by atoms with Crippen LogP contribution in [0.2, 0.25) is 0 Å². The minimum atomic E-state index is -0.922. The molecule has 2 aromatic carbocycles. The first-order valence-corrected chi connectivity index (χ1v) is 7.63. The van der Waals surface area contributed by atoms with E-state index in [1.165, 1.54) is 0 Å². The molecule has 3 rings (SSSR count). The lowest BCUT2D eigenvalue weighted by atomic mass is 10.1. The first-order chi connectivity index (χ1) is 11.5. The molecule has 0 unspecified atom stereocenters. The van der Waals surface area contributed by atoms with E-state index in [-0.39, 0.29) is 11.5 Å². The molecule has 0 bridgehead atoms. The first-order valence-electron chi connectivity index (χ1n) is 7.63. The maximum atomic E-state index is 13.7. The van der Waals surface area contributed by atoms with Crippen LogP contribution in [0, 0.1) is 18.6 Å². The summed E-state index contributed by atoms with van der Waals surface area (Å²) in [6.45, 7) is 2.52. The van der Waals surface area contributed by atoms with Gasteiger partial charge in [-0.15, -0.1) is 0 Å². The van der Waals surface area contributed by atoms with Crippen LogP contribution in [0.4, 0.5) is 20.2 Å². The van der Waals surface area contributed by atoms with E-state index < -0.39 is 17.5 Å². The summed E-state index contributed by atoms with van der Waals surface area (Å²) in [5.74, 6) is -2.29. The molecule has 1 heterocycles. The van der Waals surface area contributed by atoms with E-state index >= 15 is 0 Å². The van der Waals surface area contributed by atoms with Crippen LogP contribution in [-0.2, 0) is 4.79 Å². The highest BCUT2D eigenvalue weighted by molar-refractivity contribution is 6.05. The van der Waals surface area contributed by atoms with E-state index in [1.807, 2.05) is 6.92 Å². The summed E-state index contributed by atoms with van der Waals surface area (Å²) in [5, 5.41) is 2.59. The van der Waals surface area contributed by atoms with E-state index in [4.69, 9.17) is 0 Å². The second kappa shape index (κ2) is 6.39. The lowest BCUT2D eigenvalue weighted by Gasteiger charge is -2.19. The Morgan fingerprint density at radius 3 is 2.62 bits per heavy atom. The molecule has 6 heteroatoms. The fraction of sp³-hybridized carbons (Fsp3) is 0.222. The minimum Gasteiger partial charge on any atom is -0.322 e. The summed E-state index contributed by atoms with van der Waals surface area (Å²) >= 11 is 0. The van der Waals surface area contributed by atoms with Gasteiger partial charge >= 0.3 is 0 Å². The van der Waals surface area contributed by atoms with Crippen LogP contribution in [0.15, 0.2) is 36.4 Å². The average molecular weight is 330 g/mol. The number of rotatable bonds is 3. The van der Waals surface area contributed by atoms with Crippen LogP contribution in [0.25, 0.3) is 0 Å². The van der Waals surface area contributed by atoms with Gasteiger partial charge in [0.1, 0.15) is 11.6 Å². The number of benzene rings is 2. The zero-order valence-electron chi connectivity index (χ0n) is 13.1. The highest BCUT2D eigenvalue weighted by Crippen LogP contribution is 2.28. The third kappa shape index (κ3) is 3.13. The molecule has 1 fully saturated rings. The molecule has 1 N–H and O–H groups in total. The highest BCUT2D eigenvalue weighted by atomic mass is 19.1. The summed E-state index contributed by atoms with van der Waals surface area (Å²) in [4.78, 5) is 25.8. The van der Waals surface area contributed by atoms with Crippen LogP contribution >= 0.6 is 0 Å². The van der Waals surface area contributed by atoms with Gasteiger partial charge in [0.15, 0.2) is 0 Å². The number of nitrogens with zero attached hydrogens (tertiary/aromatic N) is 1. The number of carbonyl (C=O) groups is 2. The van der Waals surface area contributed by atoms with Crippen molar-refractivity contribution >= 4 is 23.2 Å². The van der Waals surface area contributed by atoms with E-state index in [1.54, 1.807) is 23.1 Å². The Bertz CT molecular complexity index is 821. The third-order valence-electron chi connectivity index (χ3n) is 4.01. The Kier molecular flexibility index (Phi) is 4.29. The smallest absolute Gasteiger partial charge is 0.258 e. The van der Waals surface area contributed by atoms with Gasteiger partial charge in [-0.1, -0.05) is 6.07 Å². The summed E-state index contributed by atoms with van der Waals surface area (Å²) < 4.78 is 26.6. The maximum Gasteiger partial charge on any atom is 0.258 e. The Hall–Kier alpha value is -2.76. The van der Waals surface area contributed by atoms with Gasteiger partial charge in [0.2, 0.25) is 5.91 Å². The fourth-order valence-corrected chi connectivity index (χ4v) is 2.75. The number of hydrogen-bond acceptors (Lipinski definition) is 2. The number of anilines is 2. The SMILES string of the molecule is Cc1ccc(NC(=O)c2ccc(F)cc2F)cc1N1CCCC1=O. The van der Waals surface area contributed by atoms with Gasteiger partial charge in [0.25, 0.3) is 5.91 Å². The predicted molar refractivity (Wildman–Crippen MR) is 87.1 cm³/mol. The number of nitrogens with one attached hydrogen (secondary N) is 1. The molecule has 1 aliphatic rings. The molecule has 0 saturated carbocycles. The van der Waals surface area contributed by atoms with E-state index in [0.717, 1.165) is 29.8 Å². The number of amides is 2. The molecule has 2 aromatic rings. The normalized spacial score (nSPS) is 14.1. The number of carbonyl (C=O) groups excluding carboxylic acids is 2. The van der Waals surface area contributed by atoms with Gasteiger partial charge in [0, 0.05) is 30.4 Å². The van der Waals surface area contributed by atoms with Gasteiger partial charge in [-0.25, -0.2) is 8.78 Å². The molecule has 0 aliphatic carbocycles. The summed E-state index contributed by atoms with van der Waals surface area (Å²) in [6, 6.07) is 7.95. The van der Waals surface area contributed by atoms with Gasteiger partial charge in [-0.3, -0.25) is 9.59 Å².